The standard InChI is InChI=1S/C12H19N3O2S/c1-10-4-3-5-11(13)12(10)14-6-8-15(9-7-14)18(2,16)17/h3-5H,6-9,13H2,1-2H3. The van der Waals surface area contributed by atoms with E-state index in [2.05, 4.69) is 4.90 Å². The van der Waals surface area contributed by atoms with Crippen LogP contribution in [0.1, 0.15) is 5.56 Å². The van der Waals surface area contributed by atoms with Crippen molar-refractivity contribution in [3.05, 3.63) is 23.8 Å². The van der Waals surface area contributed by atoms with Gasteiger partial charge in [0.25, 0.3) is 0 Å². The van der Waals surface area contributed by atoms with E-state index in [9.17, 15) is 8.42 Å². The summed E-state index contributed by atoms with van der Waals surface area (Å²) >= 11 is 0. The average Bonchev–Trinajstić information content (AvgIpc) is 2.28. The highest BCUT2D eigenvalue weighted by Gasteiger charge is 2.24. The maximum absolute atomic E-state index is 11.4. The Balaban J connectivity index is 2.15. The second-order valence-corrected chi connectivity index (χ2v) is 6.64. The number of hydrogen-bond donors (Lipinski definition) is 1. The zero-order valence-corrected chi connectivity index (χ0v) is 11.6. The molecule has 0 amide bonds. The molecule has 0 atom stereocenters. The number of piperazine rings is 1. The third-order valence-electron chi connectivity index (χ3n) is 3.29. The van der Waals surface area contributed by atoms with E-state index >= 15 is 0 Å². The van der Waals surface area contributed by atoms with Crippen molar-refractivity contribution in [2.45, 2.75) is 6.92 Å². The summed E-state index contributed by atoms with van der Waals surface area (Å²) < 4.78 is 24.4. The lowest BCUT2D eigenvalue weighted by molar-refractivity contribution is 0.388. The third-order valence-corrected chi connectivity index (χ3v) is 4.60. The summed E-state index contributed by atoms with van der Waals surface area (Å²) in [5, 5.41) is 0. The van der Waals surface area contributed by atoms with Crippen LogP contribution in [0.4, 0.5) is 11.4 Å². The van der Waals surface area contributed by atoms with E-state index in [-0.39, 0.29) is 0 Å². The van der Waals surface area contributed by atoms with Crippen molar-refractivity contribution in [3.63, 3.8) is 0 Å². The topological polar surface area (TPSA) is 66.6 Å². The van der Waals surface area contributed by atoms with Gasteiger partial charge in [-0.1, -0.05) is 12.1 Å². The molecule has 0 aliphatic carbocycles. The molecule has 2 rings (SSSR count). The number of anilines is 2. The van der Waals surface area contributed by atoms with Gasteiger partial charge in [-0.2, -0.15) is 4.31 Å². The first-order valence-corrected chi connectivity index (χ1v) is 7.79. The Labute approximate surface area is 108 Å². The summed E-state index contributed by atoms with van der Waals surface area (Å²) in [7, 11) is -3.08. The van der Waals surface area contributed by atoms with Crippen LogP contribution in [0.3, 0.4) is 0 Å². The van der Waals surface area contributed by atoms with E-state index < -0.39 is 10.0 Å². The Morgan fingerprint density at radius 3 is 2.28 bits per heavy atom. The Kier molecular flexibility index (Phi) is 3.49. The lowest BCUT2D eigenvalue weighted by atomic mass is 10.1. The van der Waals surface area contributed by atoms with Gasteiger partial charge in [-0.3, -0.25) is 0 Å². The molecule has 5 nitrogen and oxygen atoms in total. The Bertz CT molecular complexity index is 514. The lowest BCUT2D eigenvalue weighted by Crippen LogP contribution is -2.48. The SMILES string of the molecule is Cc1cccc(N)c1N1CCN(S(C)(=O)=O)CC1. The second kappa shape index (κ2) is 4.78. The van der Waals surface area contributed by atoms with Gasteiger partial charge in [0.05, 0.1) is 17.6 Å². The molecule has 1 aromatic carbocycles. The Morgan fingerprint density at radius 2 is 1.78 bits per heavy atom. The van der Waals surface area contributed by atoms with Gasteiger partial charge in [0.15, 0.2) is 0 Å². The van der Waals surface area contributed by atoms with E-state index in [0.717, 1.165) is 16.9 Å². The molecule has 1 aromatic rings. The molecule has 1 fully saturated rings. The number of para-hydroxylation sites is 1. The summed E-state index contributed by atoms with van der Waals surface area (Å²) in [6.45, 7) is 4.43. The maximum Gasteiger partial charge on any atom is 0.211 e. The smallest absolute Gasteiger partial charge is 0.211 e. The third kappa shape index (κ3) is 2.59. The summed E-state index contributed by atoms with van der Waals surface area (Å²) in [4.78, 5) is 2.16. The molecule has 1 aliphatic heterocycles. The van der Waals surface area contributed by atoms with Crippen LogP contribution in [-0.4, -0.2) is 45.2 Å². The molecule has 100 valence electrons. The minimum atomic E-state index is -3.08. The van der Waals surface area contributed by atoms with Gasteiger partial charge in [0, 0.05) is 26.2 Å². The fourth-order valence-electron chi connectivity index (χ4n) is 2.36. The van der Waals surface area contributed by atoms with Gasteiger partial charge in [-0.05, 0) is 18.6 Å². The highest BCUT2D eigenvalue weighted by atomic mass is 32.2. The molecule has 2 N–H and O–H groups in total. The van der Waals surface area contributed by atoms with Crippen LogP contribution in [0.15, 0.2) is 18.2 Å². The number of sulfonamides is 1. The highest BCUT2D eigenvalue weighted by Crippen LogP contribution is 2.28. The predicted octanol–water partition coefficient (Wildman–Crippen LogP) is 0.659. The van der Waals surface area contributed by atoms with Crippen LogP contribution < -0.4 is 10.6 Å². The van der Waals surface area contributed by atoms with Crippen LogP contribution in [0.2, 0.25) is 0 Å². The van der Waals surface area contributed by atoms with Gasteiger partial charge in [-0.15, -0.1) is 0 Å². The van der Waals surface area contributed by atoms with Crippen molar-refractivity contribution >= 4 is 21.4 Å². The van der Waals surface area contributed by atoms with E-state index in [1.165, 1.54) is 10.6 Å². The van der Waals surface area contributed by atoms with Crippen LogP contribution in [0.25, 0.3) is 0 Å². The van der Waals surface area contributed by atoms with Gasteiger partial charge in [-0.25, -0.2) is 8.42 Å². The predicted molar refractivity (Wildman–Crippen MR) is 74.2 cm³/mol. The van der Waals surface area contributed by atoms with Crippen LogP contribution in [0.5, 0.6) is 0 Å². The Hall–Kier alpha value is -1.27. The minimum Gasteiger partial charge on any atom is -0.397 e. The molecular weight excluding hydrogens is 250 g/mol. The molecule has 1 aliphatic rings. The van der Waals surface area contributed by atoms with E-state index in [0.29, 0.717) is 26.2 Å². The summed E-state index contributed by atoms with van der Waals surface area (Å²) in [5.41, 5.74) is 8.91. The van der Waals surface area contributed by atoms with Gasteiger partial charge in [0.1, 0.15) is 0 Å². The average molecular weight is 269 g/mol. The van der Waals surface area contributed by atoms with Gasteiger partial charge in [0.2, 0.25) is 10.0 Å². The Morgan fingerprint density at radius 1 is 1.17 bits per heavy atom. The van der Waals surface area contributed by atoms with Crippen molar-refractivity contribution in [1.29, 1.82) is 0 Å². The number of rotatable bonds is 2. The first-order chi connectivity index (χ1) is 8.39. The summed E-state index contributed by atoms with van der Waals surface area (Å²) in [6.07, 6.45) is 1.25. The second-order valence-electron chi connectivity index (χ2n) is 4.66. The van der Waals surface area contributed by atoms with Crippen molar-refractivity contribution in [2.24, 2.45) is 0 Å². The summed E-state index contributed by atoms with van der Waals surface area (Å²) in [5.74, 6) is 0. The van der Waals surface area contributed by atoms with Crippen LogP contribution >= 0.6 is 0 Å². The minimum absolute atomic E-state index is 0.520. The van der Waals surface area contributed by atoms with Crippen LogP contribution in [0, 0.1) is 6.92 Å². The lowest BCUT2D eigenvalue weighted by Gasteiger charge is -2.36. The maximum atomic E-state index is 11.4. The molecular formula is C12H19N3O2S. The van der Waals surface area contributed by atoms with Gasteiger partial charge < -0.3 is 10.6 Å². The quantitative estimate of drug-likeness (QED) is 0.801. The number of benzene rings is 1. The molecule has 0 bridgehead atoms. The zero-order valence-electron chi connectivity index (χ0n) is 10.8. The molecule has 0 radical (unpaired) electrons. The molecule has 0 saturated carbocycles. The first kappa shape index (κ1) is 13.2. The zero-order chi connectivity index (χ0) is 13.3. The van der Waals surface area contributed by atoms with Crippen LogP contribution in [-0.2, 0) is 10.0 Å². The molecule has 0 spiro atoms. The molecule has 6 heteroatoms. The summed E-state index contributed by atoms with van der Waals surface area (Å²) in [6, 6.07) is 5.83. The van der Waals surface area contributed by atoms with Crippen molar-refractivity contribution in [3.8, 4) is 0 Å². The molecule has 1 saturated heterocycles. The van der Waals surface area contributed by atoms with Crippen molar-refractivity contribution < 1.29 is 8.42 Å². The fraction of sp³-hybridized carbons (Fsp3) is 0.500. The van der Waals surface area contributed by atoms with E-state index in [1.54, 1.807) is 0 Å². The normalized spacial score (nSPS) is 18.0. The molecule has 18 heavy (non-hydrogen) atoms. The number of nitrogens with zero attached hydrogens (tertiary/aromatic N) is 2. The highest BCUT2D eigenvalue weighted by molar-refractivity contribution is 7.88. The first-order valence-electron chi connectivity index (χ1n) is 5.95. The van der Waals surface area contributed by atoms with Gasteiger partial charge >= 0.3 is 0 Å². The van der Waals surface area contributed by atoms with E-state index in [4.69, 9.17) is 5.73 Å². The molecule has 1 heterocycles. The fourth-order valence-corrected chi connectivity index (χ4v) is 3.18. The number of nitrogen functional groups attached to an aromatic ring is 1. The number of nitrogens with two attached hydrogens (primary N) is 1. The molecule has 0 aromatic heterocycles. The van der Waals surface area contributed by atoms with Crippen molar-refractivity contribution in [2.75, 3.05) is 43.1 Å². The number of aryl methyl sites for hydroxylation is 1. The van der Waals surface area contributed by atoms with E-state index in [1.807, 2.05) is 25.1 Å². The largest absolute Gasteiger partial charge is 0.397 e. The number of hydrogen-bond acceptors (Lipinski definition) is 4. The molecule has 0 unspecified atom stereocenters. The monoisotopic (exact) mass is 269 g/mol. The van der Waals surface area contributed by atoms with Crippen molar-refractivity contribution in [1.82, 2.24) is 4.31 Å².